The summed E-state index contributed by atoms with van der Waals surface area (Å²) < 4.78 is 40.4. The Balaban J connectivity index is 1.96. The maximum Gasteiger partial charge on any atom is 0.243 e. The maximum absolute atomic E-state index is 13.4. The van der Waals surface area contributed by atoms with Gasteiger partial charge in [0.25, 0.3) is 0 Å². The predicted molar refractivity (Wildman–Crippen MR) is 106 cm³/mol. The number of rotatable bonds is 7. The molecule has 0 radical (unpaired) electrons. The first-order chi connectivity index (χ1) is 13.3. The monoisotopic (exact) mass is 406 g/mol. The SMILES string of the molecule is C[C@@H](O)[C@H](C)N(CCO)S(=O)(=O)c1ccc(-c2c[nH]c3cc(F)ccc23)cc1. The normalized spacial score (nSPS) is 14.5. The van der Waals surface area contributed by atoms with Crippen LogP contribution in [0.25, 0.3) is 22.0 Å². The Morgan fingerprint density at radius 1 is 1.14 bits per heavy atom. The number of fused-ring (bicyclic) bond motifs is 1. The van der Waals surface area contributed by atoms with E-state index in [1.165, 1.54) is 31.2 Å². The molecule has 0 unspecified atom stereocenters. The van der Waals surface area contributed by atoms with Gasteiger partial charge < -0.3 is 15.2 Å². The van der Waals surface area contributed by atoms with Crippen molar-refractivity contribution in [1.29, 1.82) is 0 Å². The molecule has 0 aliphatic rings. The number of H-pyrrole nitrogens is 1. The van der Waals surface area contributed by atoms with Crippen molar-refractivity contribution >= 4 is 20.9 Å². The van der Waals surface area contributed by atoms with Crippen LogP contribution in [0.3, 0.4) is 0 Å². The van der Waals surface area contributed by atoms with E-state index in [0.29, 0.717) is 5.52 Å². The molecule has 1 heterocycles. The molecular weight excluding hydrogens is 383 g/mol. The smallest absolute Gasteiger partial charge is 0.243 e. The third-order valence-corrected chi connectivity index (χ3v) is 6.89. The molecule has 0 amide bonds. The standard InChI is InChI=1S/C20H23FN2O4S/c1-13(14(2)25)23(9-10-24)28(26,27)17-6-3-15(4-7-17)19-12-22-20-11-16(21)5-8-18(19)20/h3-8,11-14,22,24-25H,9-10H2,1-2H3/t13-,14+/m0/s1. The van der Waals surface area contributed by atoms with Crippen molar-refractivity contribution in [2.24, 2.45) is 0 Å². The molecule has 8 heteroatoms. The molecule has 2 atom stereocenters. The number of hydrogen-bond donors (Lipinski definition) is 3. The van der Waals surface area contributed by atoms with Crippen molar-refractivity contribution in [3.8, 4) is 11.1 Å². The molecule has 0 saturated heterocycles. The summed E-state index contributed by atoms with van der Waals surface area (Å²) in [7, 11) is -3.89. The molecule has 1 aromatic heterocycles. The first kappa shape index (κ1) is 20.5. The fourth-order valence-electron chi connectivity index (χ4n) is 3.16. The second-order valence-corrected chi connectivity index (χ2v) is 8.63. The number of aromatic nitrogens is 1. The van der Waals surface area contributed by atoms with E-state index < -0.39 is 22.2 Å². The lowest BCUT2D eigenvalue weighted by molar-refractivity contribution is 0.105. The van der Waals surface area contributed by atoms with Crippen LogP contribution in [-0.4, -0.2) is 53.2 Å². The van der Waals surface area contributed by atoms with E-state index in [9.17, 15) is 23.0 Å². The van der Waals surface area contributed by atoms with Crippen LogP contribution in [0.15, 0.2) is 53.6 Å². The molecular formula is C20H23FN2O4S. The third kappa shape index (κ3) is 3.81. The quantitative estimate of drug-likeness (QED) is 0.562. The fourth-order valence-corrected chi connectivity index (χ4v) is 4.85. The second kappa shape index (κ2) is 8.00. The Morgan fingerprint density at radius 3 is 2.43 bits per heavy atom. The number of aliphatic hydroxyl groups excluding tert-OH is 2. The molecule has 0 aliphatic carbocycles. The number of hydrogen-bond acceptors (Lipinski definition) is 4. The van der Waals surface area contributed by atoms with Gasteiger partial charge in [0.1, 0.15) is 5.82 Å². The molecule has 3 aromatic rings. The summed E-state index contributed by atoms with van der Waals surface area (Å²) in [6.45, 7) is 2.65. The Labute approximate surface area is 163 Å². The van der Waals surface area contributed by atoms with Gasteiger partial charge in [0, 0.05) is 35.2 Å². The van der Waals surface area contributed by atoms with Crippen LogP contribution in [0.5, 0.6) is 0 Å². The minimum atomic E-state index is -3.89. The largest absolute Gasteiger partial charge is 0.395 e. The Hall–Kier alpha value is -2.26. The number of aliphatic hydroxyl groups is 2. The average Bonchev–Trinajstić information content (AvgIpc) is 3.08. The summed E-state index contributed by atoms with van der Waals surface area (Å²) >= 11 is 0. The molecule has 0 fully saturated rings. The fraction of sp³-hybridized carbons (Fsp3) is 0.300. The van der Waals surface area contributed by atoms with Crippen LogP contribution in [0.4, 0.5) is 4.39 Å². The Kier molecular flexibility index (Phi) is 5.85. The summed E-state index contributed by atoms with van der Waals surface area (Å²) in [6.07, 6.45) is 0.869. The Bertz CT molecular complexity index is 1060. The van der Waals surface area contributed by atoms with E-state index in [1.54, 1.807) is 31.3 Å². The number of halogens is 1. The molecule has 3 rings (SSSR count). The highest BCUT2D eigenvalue weighted by Crippen LogP contribution is 2.30. The molecule has 3 N–H and O–H groups in total. The van der Waals surface area contributed by atoms with Crippen LogP contribution in [-0.2, 0) is 10.0 Å². The van der Waals surface area contributed by atoms with Crippen molar-refractivity contribution < 1.29 is 23.0 Å². The van der Waals surface area contributed by atoms with E-state index in [0.717, 1.165) is 20.8 Å². The van der Waals surface area contributed by atoms with Gasteiger partial charge in [-0.05, 0) is 49.7 Å². The van der Waals surface area contributed by atoms with Gasteiger partial charge in [-0.1, -0.05) is 12.1 Å². The van der Waals surface area contributed by atoms with Gasteiger partial charge in [-0.3, -0.25) is 0 Å². The zero-order valence-corrected chi connectivity index (χ0v) is 16.4. The lowest BCUT2D eigenvalue weighted by atomic mass is 10.1. The van der Waals surface area contributed by atoms with Crippen LogP contribution >= 0.6 is 0 Å². The van der Waals surface area contributed by atoms with Gasteiger partial charge in [-0.2, -0.15) is 4.31 Å². The van der Waals surface area contributed by atoms with Crippen molar-refractivity contribution in [3.63, 3.8) is 0 Å². The lowest BCUT2D eigenvalue weighted by Gasteiger charge is -2.29. The first-order valence-corrected chi connectivity index (χ1v) is 10.4. The van der Waals surface area contributed by atoms with E-state index in [4.69, 9.17) is 0 Å². The summed E-state index contributed by atoms with van der Waals surface area (Å²) in [5, 5.41) is 19.9. The van der Waals surface area contributed by atoms with Crippen LogP contribution < -0.4 is 0 Å². The minimum absolute atomic E-state index is 0.0723. The minimum Gasteiger partial charge on any atom is -0.395 e. The van der Waals surface area contributed by atoms with Gasteiger partial charge in [0.05, 0.1) is 17.6 Å². The molecule has 0 spiro atoms. The Morgan fingerprint density at radius 2 is 1.82 bits per heavy atom. The van der Waals surface area contributed by atoms with Crippen molar-refractivity contribution in [3.05, 3.63) is 54.5 Å². The average molecular weight is 406 g/mol. The van der Waals surface area contributed by atoms with E-state index >= 15 is 0 Å². The van der Waals surface area contributed by atoms with Crippen LogP contribution in [0.2, 0.25) is 0 Å². The highest BCUT2D eigenvalue weighted by molar-refractivity contribution is 7.89. The van der Waals surface area contributed by atoms with Crippen LogP contribution in [0.1, 0.15) is 13.8 Å². The van der Waals surface area contributed by atoms with Gasteiger partial charge in [-0.15, -0.1) is 0 Å². The van der Waals surface area contributed by atoms with E-state index in [-0.39, 0.29) is 23.9 Å². The molecule has 150 valence electrons. The number of sulfonamides is 1. The molecule has 0 saturated carbocycles. The number of nitrogens with zero attached hydrogens (tertiary/aromatic N) is 1. The molecule has 0 bridgehead atoms. The highest BCUT2D eigenvalue weighted by atomic mass is 32.2. The topological polar surface area (TPSA) is 93.6 Å². The molecule has 0 aliphatic heterocycles. The summed E-state index contributed by atoms with van der Waals surface area (Å²) in [5.41, 5.74) is 2.28. The number of benzene rings is 2. The van der Waals surface area contributed by atoms with Crippen molar-refractivity contribution in [1.82, 2.24) is 9.29 Å². The summed E-state index contributed by atoms with van der Waals surface area (Å²) in [6, 6.07) is 10.1. The van der Waals surface area contributed by atoms with Crippen molar-refractivity contribution in [2.75, 3.05) is 13.2 Å². The lowest BCUT2D eigenvalue weighted by Crippen LogP contribution is -2.45. The molecule has 28 heavy (non-hydrogen) atoms. The second-order valence-electron chi connectivity index (χ2n) is 6.74. The van der Waals surface area contributed by atoms with Crippen LogP contribution in [0, 0.1) is 5.82 Å². The van der Waals surface area contributed by atoms with E-state index in [2.05, 4.69) is 4.98 Å². The number of aromatic amines is 1. The van der Waals surface area contributed by atoms with Gasteiger partial charge in [0.2, 0.25) is 10.0 Å². The highest BCUT2D eigenvalue weighted by Gasteiger charge is 2.31. The molecule has 6 nitrogen and oxygen atoms in total. The first-order valence-electron chi connectivity index (χ1n) is 8.93. The number of nitrogens with one attached hydrogen (secondary N) is 1. The maximum atomic E-state index is 13.4. The predicted octanol–water partition coefficient (Wildman–Crippen LogP) is 2.73. The third-order valence-electron chi connectivity index (χ3n) is 4.89. The van der Waals surface area contributed by atoms with Gasteiger partial charge in [-0.25, -0.2) is 12.8 Å². The summed E-state index contributed by atoms with van der Waals surface area (Å²) in [4.78, 5) is 3.08. The van der Waals surface area contributed by atoms with Gasteiger partial charge in [0.15, 0.2) is 0 Å². The molecule has 2 aromatic carbocycles. The van der Waals surface area contributed by atoms with Gasteiger partial charge >= 0.3 is 0 Å². The van der Waals surface area contributed by atoms with Crippen molar-refractivity contribution in [2.45, 2.75) is 30.9 Å². The summed E-state index contributed by atoms with van der Waals surface area (Å²) in [5.74, 6) is -0.335. The zero-order chi connectivity index (χ0) is 20.5. The zero-order valence-electron chi connectivity index (χ0n) is 15.6. The van der Waals surface area contributed by atoms with E-state index in [1.807, 2.05) is 0 Å².